The van der Waals surface area contributed by atoms with E-state index in [1.54, 1.807) is 0 Å². The van der Waals surface area contributed by atoms with Crippen LogP contribution < -0.4 is 5.32 Å². The molecule has 0 radical (unpaired) electrons. The molecule has 74 valence electrons. The SMILES string of the molecule is Cc1cc(C2CC2)ccc1NC(=O)O. The zero-order valence-electron chi connectivity index (χ0n) is 8.08. The van der Waals surface area contributed by atoms with Crippen LogP contribution in [0.3, 0.4) is 0 Å². The first-order valence-electron chi connectivity index (χ1n) is 4.77. The van der Waals surface area contributed by atoms with Gasteiger partial charge in [-0.05, 0) is 42.9 Å². The normalized spacial score (nSPS) is 15.2. The van der Waals surface area contributed by atoms with Gasteiger partial charge in [-0.2, -0.15) is 0 Å². The average Bonchev–Trinajstić information content (AvgIpc) is 2.90. The molecule has 0 spiro atoms. The van der Waals surface area contributed by atoms with Crippen LogP contribution in [-0.4, -0.2) is 11.2 Å². The summed E-state index contributed by atoms with van der Waals surface area (Å²) < 4.78 is 0. The van der Waals surface area contributed by atoms with Crippen molar-refractivity contribution in [2.45, 2.75) is 25.7 Å². The third-order valence-electron chi connectivity index (χ3n) is 2.54. The molecule has 1 saturated carbocycles. The number of nitrogens with one attached hydrogen (secondary N) is 1. The Morgan fingerprint density at radius 1 is 1.50 bits per heavy atom. The molecule has 1 aromatic carbocycles. The molecule has 0 heterocycles. The number of hydrogen-bond donors (Lipinski definition) is 2. The van der Waals surface area contributed by atoms with Crippen LogP contribution in [0.1, 0.15) is 29.9 Å². The van der Waals surface area contributed by atoms with Gasteiger partial charge in [-0.25, -0.2) is 4.79 Å². The van der Waals surface area contributed by atoms with Crippen molar-refractivity contribution < 1.29 is 9.90 Å². The van der Waals surface area contributed by atoms with Gasteiger partial charge in [0.05, 0.1) is 0 Å². The van der Waals surface area contributed by atoms with Crippen molar-refractivity contribution in [3.8, 4) is 0 Å². The molecule has 0 unspecified atom stereocenters. The smallest absolute Gasteiger partial charge is 0.409 e. The lowest BCUT2D eigenvalue weighted by atomic mass is 10.1. The summed E-state index contributed by atoms with van der Waals surface area (Å²) >= 11 is 0. The Kier molecular flexibility index (Phi) is 2.15. The second kappa shape index (κ2) is 3.33. The van der Waals surface area contributed by atoms with Crippen molar-refractivity contribution in [3.05, 3.63) is 29.3 Å². The molecule has 1 aromatic rings. The molecule has 2 rings (SSSR count). The summed E-state index contributed by atoms with van der Waals surface area (Å²) in [6.07, 6.45) is 1.53. The number of aryl methyl sites for hydroxylation is 1. The lowest BCUT2D eigenvalue weighted by molar-refractivity contribution is 0.209. The summed E-state index contributed by atoms with van der Waals surface area (Å²) in [5, 5.41) is 10.9. The highest BCUT2D eigenvalue weighted by molar-refractivity contribution is 5.84. The lowest BCUT2D eigenvalue weighted by Crippen LogP contribution is -2.08. The molecule has 1 fully saturated rings. The van der Waals surface area contributed by atoms with E-state index in [0.29, 0.717) is 11.6 Å². The van der Waals surface area contributed by atoms with E-state index >= 15 is 0 Å². The van der Waals surface area contributed by atoms with Crippen molar-refractivity contribution in [2.24, 2.45) is 0 Å². The maximum absolute atomic E-state index is 10.4. The Balaban J connectivity index is 2.21. The Hall–Kier alpha value is -1.51. The van der Waals surface area contributed by atoms with Crippen molar-refractivity contribution in [3.63, 3.8) is 0 Å². The summed E-state index contributed by atoms with van der Waals surface area (Å²) in [5.41, 5.74) is 3.01. The Labute approximate surface area is 82.8 Å². The van der Waals surface area contributed by atoms with Gasteiger partial charge in [0.15, 0.2) is 0 Å². The molecule has 0 atom stereocenters. The molecule has 1 aliphatic carbocycles. The van der Waals surface area contributed by atoms with E-state index in [-0.39, 0.29) is 0 Å². The van der Waals surface area contributed by atoms with Gasteiger partial charge >= 0.3 is 6.09 Å². The Morgan fingerprint density at radius 3 is 2.71 bits per heavy atom. The van der Waals surface area contributed by atoms with E-state index in [1.165, 1.54) is 18.4 Å². The highest BCUT2D eigenvalue weighted by Crippen LogP contribution is 2.40. The molecule has 0 aromatic heterocycles. The molecular formula is C11H13NO2. The van der Waals surface area contributed by atoms with E-state index in [9.17, 15) is 4.79 Å². The predicted octanol–water partition coefficient (Wildman–Crippen LogP) is 2.96. The van der Waals surface area contributed by atoms with Crippen LogP contribution in [0.2, 0.25) is 0 Å². The van der Waals surface area contributed by atoms with E-state index in [1.807, 2.05) is 19.1 Å². The molecule has 0 saturated heterocycles. The minimum absolute atomic E-state index is 0.682. The summed E-state index contributed by atoms with van der Waals surface area (Å²) in [5.74, 6) is 0.715. The Bertz CT molecular complexity index is 370. The van der Waals surface area contributed by atoms with Crippen LogP contribution in [-0.2, 0) is 0 Å². The third-order valence-corrected chi connectivity index (χ3v) is 2.54. The van der Waals surface area contributed by atoms with Gasteiger partial charge in [-0.1, -0.05) is 12.1 Å². The minimum atomic E-state index is -1.01. The average molecular weight is 191 g/mol. The molecule has 2 N–H and O–H groups in total. The first kappa shape index (κ1) is 9.06. The predicted molar refractivity (Wildman–Crippen MR) is 54.8 cm³/mol. The van der Waals surface area contributed by atoms with Crippen molar-refractivity contribution >= 4 is 11.8 Å². The highest BCUT2D eigenvalue weighted by Gasteiger charge is 2.23. The number of rotatable bonds is 2. The second-order valence-electron chi connectivity index (χ2n) is 3.78. The monoisotopic (exact) mass is 191 g/mol. The van der Waals surface area contributed by atoms with Gasteiger partial charge < -0.3 is 5.11 Å². The fourth-order valence-corrected chi connectivity index (χ4v) is 1.61. The summed E-state index contributed by atoms with van der Waals surface area (Å²) in [4.78, 5) is 10.4. The van der Waals surface area contributed by atoms with Crippen molar-refractivity contribution in [2.75, 3.05) is 5.32 Å². The number of benzene rings is 1. The summed E-state index contributed by atoms with van der Waals surface area (Å²) in [6.45, 7) is 1.93. The number of amides is 1. The Morgan fingerprint density at radius 2 is 2.21 bits per heavy atom. The van der Waals surface area contributed by atoms with Gasteiger partial charge in [-0.15, -0.1) is 0 Å². The van der Waals surface area contributed by atoms with Crippen LogP contribution in [0, 0.1) is 6.92 Å². The molecule has 1 amide bonds. The van der Waals surface area contributed by atoms with Gasteiger partial charge in [0.25, 0.3) is 0 Å². The van der Waals surface area contributed by atoms with Gasteiger partial charge in [0, 0.05) is 5.69 Å². The first-order valence-corrected chi connectivity index (χ1v) is 4.77. The van der Waals surface area contributed by atoms with Crippen LogP contribution in [0.4, 0.5) is 10.5 Å². The van der Waals surface area contributed by atoms with Crippen LogP contribution in [0.15, 0.2) is 18.2 Å². The van der Waals surface area contributed by atoms with E-state index in [0.717, 1.165) is 5.56 Å². The van der Waals surface area contributed by atoms with Crippen molar-refractivity contribution in [1.29, 1.82) is 0 Å². The molecule has 14 heavy (non-hydrogen) atoms. The van der Waals surface area contributed by atoms with E-state index < -0.39 is 6.09 Å². The number of hydrogen-bond acceptors (Lipinski definition) is 1. The van der Waals surface area contributed by atoms with Crippen LogP contribution >= 0.6 is 0 Å². The highest BCUT2D eigenvalue weighted by atomic mass is 16.4. The maximum atomic E-state index is 10.4. The third kappa shape index (κ3) is 1.87. The number of carbonyl (C=O) groups is 1. The van der Waals surface area contributed by atoms with E-state index in [4.69, 9.17) is 5.11 Å². The van der Waals surface area contributed by atoms with E-state index in [2.05, 4.69) is 11.4 Å². The van der Waals surface area contributed by atoms with Gasteiger partial charge in [0.1, 0.15) is 0 Å². The van der Waals surface area contributed by atoms with Gasteiger partial charge in [-0.3, -0.25) is 5.32 Å². The fraction of sp³-hybridized carbons (Fsp3) is 0.364. The number of anilines is 1. The van der Waals surface area contributed by atoms with Crippen LogP contribution in [0.25, 0.3) is 0 Å². The maximum Gasteiger partial charge on any atom is 0.409 e. The number of carboxylic acid groups (broad SMARTS) is 1. The zero-order valence-corrected chi connectivity index (χ0v) is 8.08. The summed E-state index contributed by atoms with van der Waals surface area (Å²) in [6, 6.07) is 5.93. The fourth-order valence-electron chi connectivity index (χ4n) is 1.61. The molecule has 0 bridgehead atoms. The standard InChI is InChI=1S/C11H13NO2/c1-7-6-9(8-2-3-8)4-5-10(7)12-11(13)14/h4-6,8,12H,2-3H2,1H3,(H,13,14). The molecule has 3 nitrogen and oxygen atoms in total. The molecular weight excluding hydrogens is 178 g/mol. The largest absolute Gasteiger partial charge is 0.465 e. The molecule has 1 aliphatic rings. The summed E-state index contributed by atoms with van der Waals surface area (Å²) in [7, 11) is 0. The van der Waals surface area contributed by atoms with Crippen molar-refractivity contribution in [1.82, 2.24) is 0 Å². The topological polar surface area (TPSA) is 49.3 Å². The first-order chi connectivity index (χ1) is 6.66. The molecule has 0 aliphatic heterocycles. The van der Waals surface area contributed by atoms with Gasteiger partial charge in [0.2, 0.25) is 0 Å². The molecule has 3 heteroatoms. The quantitative estimate of drug-likeness (QED) is 0.755. The lowest BCUT2D eigenvalue weighted by Gasteiger charge is -2.07. The minimum Gasteiger partial charge on any atom is -0.465 e. The van der Waals surface area contributed by atoms with Crippen LogP contribution in [0.5, 0.6) is 0 Å². The zero-order chi connectivity index (χ0) is 10.1. The second-order valence-corrected chi connectivity index (χ2v) is 3.78.